The number of fused-ring (bicyclic) bond motifs is 8. The molecule has 1 radical (unpaired) electrons. The van der Waals surface area contributed by atoms with Gasteiger partial charge in [-0.25, -0.2) is 4.39 Å². The Balaban J connectivity index is 0.000000278. The molecule has 0 bridgehead atoms. The molecular weight excluding hydrogens is 750 g/mol. The van der Waals surface area contributed by atoms with Crippen LogP contribution in [0.3, 0.4) is 0 Å². The van der Waals surface area contributed by atoms with E-state index in [2.05, 4.69) is 43.3 Å². The van der Waals surface area contributed by atoms with Gasteiger partial charge in [-0.2, -0.15) is 11.3 Å². The molecule has 0 spiro atoms. The Hall–Kier alpha value is -3.90. The number of aliphatic hydroxyl groups is 1. The monoisotopic (exact) mass is 782 g/mol. The van der Waals surface area contributed by atoms with Crippen LogP contribution in [0.15, 0.2) is 89.0 Å². The summed E-state index contributed by atoms with van der Waals surface area (Å²) in [6, 6.07) is 26.9. The van der Waals surface area contributed by atoms with Crippen LogP contribution in [0, 0.1) is 30.6 Å². The predicted molar refractivity (Wildman–Crippen MR) is 178 cm³/mol. The first-order valence-electron chi connectivity index (χ1n) is 14.3. The Morgan fingerprint density at radius 1 is 0.932 bits per heavy atom. The van der Waals surface area contributed by atoms with Gasteiger partial charge in [-0.1, -0.05) is 82.5 Å². The van der Waals surface area contributed by atoms with E-state index in [4.69, 9.17) is 9.40 Å². The molecule has 4 aromatic carbocycles. The molecule has 0 saturated carbocycles. The van der Waals surface area contributed by atoms with Crippen molar-refractivity contribution in [3.8, 4) is 11.3 Å². The zero-order chi connectivity index (χ0) is 30.4. The molecule has 3 aromatic heterocycles. The van der Waals surface area contributed by atoms with Crippen molar-refractivity contribution in [1.82, 2.24) is 4.98 Å². The average molecular weight is 782 g/mol. The summed E-state index contributed by atoms with van der Waals surface area (Å²) < 4.78 is 23.6. The fraction of sp³-hybridized carbons (Fsp3) is 0.189. The van der Waals surface area contributed by atoms with E-state index in [1.807, 2.05) is 58.0 Å². The molecule has 0 aliphatic heterocycles. The van der Waals surface area contributed by atoms with Gasteiger partial charge in [0, 0.05) is 47.2 Å². The first-order valence-corrected chi connectivity index (χ1v) is 15.2. The van der Waals surface area contributed by atoms with Gasteiger partial charge in [0.05, 0.1) is 22.9 Å². The van der Waals surface area contributed by atoms with Crippen LogP contribution in [0.5, 0.6) is 0 Å². The minimum absolute atomic E-state index is 0. The molecule has 44 heavy (non-hydrogen) atoms. The van der Waals surface area contributed by atoms with Gasteiger partial charge in [0.2, 0.25) is 0 Å². The van der Waals surface area contributed by atoms with Crippen molar-refractivity contribution in [2.45, 2.75) is 34.6 Å². The normalized spacial score (nSPS) is 12.0. The molecule has 0 aliphatic rings. The quantitative estimate of drug-likeness (QED) is 0.0837. The number of para-hydroxylation sites is 1. The van der Waals surface area contributed by atoms with Gasteiger partial charge in [-0.3, -0.25) is 9.78 Å². The second-order valence-corrected chi connectivity index (χ2v) is 12.4. The van der Waals surface area contributed by atoms with E-state index in [1.165, 1.54) is 32.3 Å². The van der Waals surface area contributed by atoms with E-state index in [9.17, 15) is 14.3 Å². The molecule has 225 valence electrons. The minimum atomic E-state index is -0.289. The molecule has 0 fully saturated rings. The Morgan fingerprint density at radius 3 is 2.36 bits per heavy atom. The van der Waals surface area contributed by atoms with Crippen molar-refractivity contribution in [2.24, 2.45) is 11.8 Å². The molecule has 7 aromatic rings. The predicted octanol–water partition coefficient (Wildman–Crippen LogP) is 10.7. The van der Waals surface area contributed by atoms with Crippen molar-refractivity contribution in [1.29, 1.82) is 0 Å². The third-order valence-electron chi connectivity index (χ3n) is 7.60. The number of halogens is 1. The summed E-state index contributed by atoms with van der Waals surface area (Å²) in [7, 11) is 0. The van der Waals surface area contributed by atoms with Gasteiger partial charge in [0.15, 0.2) is 0 Å². The number of allylic oxidation sites excluding steroid dienone is 2. The van der Waals surface area contributed by atoms with Crippen molar-refractivity contribution < 1.29 is 38.8 Å². The second kappa shape index (κ2) is 12.6. The first kappa shape index (κ1) is 31.5. The standard InChI is InChI=1S/C28H15FNOS.C9H16O2.Ir/c1-15-13-16(14-19-17-7-3-5-12-23(17)32-28(15)19)26-27-24(18-8-2-4-10-21(18)30-26)25-20(29)9-6-11-22(25)31-27;1-6(2)8(10)5-9(11)7(3)4;/h2-12,14H,1H3;5-7,10H,1-4H3;/q-1;;/p+1/b;8-5-;. The summed E-state index contributed by atoms with van der Waals surface area (Å²) in [4.78, 5) is 14.2. The number of aryl methyl sites for hydroxylation is 1. The minimum Gasteiger partial charge on any atom is -0.512 e. The fourth-order valence-corrected chi connectivity index (χ4v) is 6.34. The van der Waals surface area contributed by atoms with Crippen LogP contribution in [0.25, 0.3) is 64.3 Å². The maximum absolute atomic E-state index is 14.9. The van der Waals surface area contributed by atoms with E-state index >= 15 is 0 Å². The number of ketones is 1. The number of furan rings is 1. The molecule has 4 nitrogen and oxygen atoms in total. The fourth-order valence-electron chi connectivity index (χ4n) is 5.21. The number of nitrogens with zero attached hydrogens (tertiary/aromatic N) is 1. The number of pyridine rings is 1. The van der Waals surface area contributed by atoms with Crippen LogP contribution in [0.1, 0.15) is 33.3 Å². The molecule has 0 atom stereocenters. The molecule has 0 amide bonds. The summed E-state index contributed by atoms with van der Waals surface area (Å²) in [6.45, 7) is 9.58. The van der Waals surface area contributed by atoms with Crippen LogP contribution in [0.4, 0.5) is 4.39 Å². The molecule has 7 heteroatoms. The van der Waals surface area contributed by atoms with Crippen molar-refractivity contribution in [3.05, 3.63) is 102 Å². The summed E-state index contributed by atoms with van der Waals surface area (Å²) >= 11 is 1.78. The maximum atomic E-state index is 14.9. The van der Waals surface area contributed by atoms with Gasteiger partial charge >= 0.3 is 5.78 Å². The van der Waals surface area contributed by atoms with Crippen LogP contribution in [0.2, 0.25) is 0 Å². The molecule has 0 saturated heterocycles. The zero-order valence-corrected chi connectivity index (χ0v) is 28.2. The van der Waals surface area contributed by atoms with Gasteiger partial charge in [-0.05, 0) is 34.4 Å². The van der Waals surface area contributed by atoms with Crippen LogP contribution < -0.4 is 0 Å². The summed E-state index contributed by atoms with van der Waals surface area (Å²) in [5.74, 6) is 0.335. The smallest absolute Gasteiger partial charge is 0.322 e. The van der Waals surface area contributed by atoms with Crippen molar-refractivity contribution in [2.75, 3.05) is 0 Å². The van der Waals surface area contributed by atoms with Gasteiger partial charge in [0.1, 0.15) is 22.7 Å². The van der Waals surface area contributed by atoms with Crippen LogP contribution in [-0.2, 0) is 20.1 Å². The average Bonchev–Trinajstić information content (AvgIpc) is 3.57. The third-order valence-corrected chi connectivity index (χ3v) is 8.91. The largest absolute Gasteiger partial charge is 0.512 e. The maximum Gasteiger partial charge on any atom is 0.322 e. The number of aliphatic hydroxyl groups excluding tert-OH is 1. The van der Waals surface area contributed by atoms with E-state index in [1.54, 1.807) is 17.4 Å². The van der Waals surface area contributed by atoms with Gasteiger partial charge < -0.3 is 9.52 Å². The number of aromatic nitrogens is 1. The van der Waals surface area contributed by atoms with Crippen molar-refractivity contribution in [3.63, 3.8) is 0 Å². The molecule has 0 aliphatic carbocycles. The molecule has 3 heterocycles. The van der Waals surface area contributed by atoms with Crippen molar-refractivity contribution >= 4 is 70.1 Å². The van der Waals surface area contributed by atoms with Crippen LogP contribution >= 0.6 is 11.3 Å². The summed E-state index contributed by atoms with van der Waals surface area (Å²) in [5.41, 5.74) is 4.55. The third kappa shape index (κ3) is 5.68. The molecule has 0 unspecified atom stereocenters. The Kier molecular flexibility index (Phi) is 9.03. The van der Waals surface area contributed by atoms with Crippen LogP contribution in [-0.4, -0.2) is 20.7 Å². The number of hydrogen-bond donors (Lipinski definition) is 1. The van der Waals surface area contributed by atoms with Gasteiger partial charge in [-0.15, -0.1) is 23.3 Å². The van der Waals surface area contributed by atoms with E-state index in [0.717, 1.165) is 27.4 Å². The topological polar surface area (TPSA) is 67.7 Å². The Bertz CT molecular complexity index is 2210. The van der Waals surface area contributed by atoms with Gasteiger partial charge in [0.25, 0.3) is 0 Å². The summed E-state index contributed by atoms with van der Waals surface area (Å²) in [5, 5.41) is 13.8. The Morgan fingerprint density at radius 2 is 1.64 bits per heavy atom. The van der Waals surface area contributed by atoms with E-state index < -0.39 is 0 Å². The van der Waals surface area contributed by atoms with E-state index in [-0.39, 0.29) is 49.3 Å². The number of rotatable bonds is 4. The number of thiophene rings is 1. The Labute approximate surface area is 272 Å². The summed E-state index contributed by atoms with van der Waals surface area (Å²) in [6.07, 6.45) is 1.43. The molecule has 2 N–H and O–H groups in total. The molecular formula is C37H32FIrNO3S. The number of hydrogen-bond acceptors (Lipinski definition) is 4. The molecule has 7 rings (SSSR count). The second-order valence-electron chi connectivity index (χ2n) is 11.3. The first-order chi connectivity index (χ1) is 20.6. The zero-order valence-electron chi connectivity index (χ0n) is 25.0. The SMILES string of the molecule is CC(C)C(=[OH+])/C=C(\O)C(C)C.Cc1[c-]c(-c2nc3ccccc3c3c2oc2cccc(F)c23)cc2c1sc1ccccc12.[Ir]. The number of benzene rings is 4. The van der Waals surface area contributed by atoms with E-state index in [0.29, 0.717) is 22.2 Å². The number of carbonyl (C=O) groups excluding carboxylic acids is 1.